The molecule has 0 aliphatic carbocycles. The Morgan fingerprint density at radius 3 is 1.27 bits per heavy atom. The van der Waals surface area contributed by atoms with E-state index in [4.69, 9.17) is 26.9 Å². The monoisotopic (exact) mass is 286 g/mol. The summed E-state index contributed by atoms with van der Waals surface area (Å²) in [6.45, 7) is 12.8. The summed E-state index contributed by atoms with van der Waals surface area (Å²) in [6.07, 6.45) is 1.97. The third kappa shape index (κ3) is 5.73. The highest BCUT2D eigenvalue weighted by atomic mass is 35.6. The highest BCUT2D eigenvalue weighted by molar-refractivity contribution is 7.20. The van der Waals surface area contributed by atoms with Crippen molar-refractivity contribution in [1.82, 2.24) is 0 Å². The molecule has 0 fully saturated rings. The van der Waals surface area contributed by atoms with E-state index in [1.807, 2.05) is 0 Å². The van der Waals surface area contributed by atoms with Gasteiger partial charge in [-0.1, -0.05) is 40.0 Å². The molecule has 0 radical (unpaired) electrons. The van der Waals surface area contributed by atoms with Gasteiger partial charge in [-0.05, 0) is 12.8 Å². The normalized spacial score (nSPS) is 17.6. The van der Waals surface area contributed by atoms with Gasteiger partial charge in [-0.3, -0.25) is 0 Å². The predicted octanol–water partition coefficient (Wildman–Crippen LogP) is 4.53. The molecule has 0 aromatic carbocycles. The lowest BCUT2D eigenvalue weighted by molar-refractivity contribution is 0.0663. The van der Waals surface area contributed by atoms with Gasteiger partial charge in [-0.2, -0.15) is 22.2 Å². The van der Waals surface area contributed by atoms with Crippen molar-refractivity contribution in [3.63, 3.8) is 0 Å². The van der Waals surface area contributed by atoms with E-state index in [2.05, 4.69) is 40.0 Å². The van der Waals surface area contributed by atoms with Crippen LogP contribution in [0.25, 0.3) is 0 Å². The lowest BCUT2D eigenvalue weighted by atomic mass is 10.5. The van der Waals surface area contributed by atoms with Crippen LogP contribution >= 0.6 is 22.2 Å². The summed E-state index contributed by atoms with van der Waals surface area (Å²) in [6, 6.07) is 0. The van der Waals surface area contributed by atoms with Crippen LogP contribution < -0.4 is 0 Å². The maximum Gasteiger partial charge on any atom is 0.180 e. The molecule has 0 spiro atoms. The fraction of sp³-hybridized carbons (Fsp3) is 1.00. The molecular formula is C10H24Cl2OSi2. The minimum absolute atomic E-state index is 0.217. The van der Waals surface area contributed by atoms with Crippen LogP contribution in [0.2, 0.25) is 26.2 Å². The Morgan fingerprint density at radius 1 is 0.867 bits per heavy atom. The average Bonchev–Trinajstić information content (AvgIpc) is 2.01. The fourth-order valence-electron chi connectivity index (χ4n) is 1.69. The summed E-state index contributed by atoms with van der Waals surface area (Å²) in [7, 11) is -3.46. The van der Waals surface area contributed by atoms with Crippen molar-refractivity contribution in [2.75, 3.05) is 0 Å². The fourth-order valence-corrected chi connectivity index (χ4v) is 5.97. The van der Waals surface area contributed by atoms with Gasteiger partial charge in [0, 0.05) is 0 Å². The summed E-state index contributed by atoms with van der Waals surface area (Å²) in [5.74, 6) is 0. The number of hydrogen-bond donors (Lipinski definition) is 0. The van der Waals surface area contributed by atoms with E-state index in [1.165, 1.54) is 0 Å². The van der Waals surface area contributed by atoms with Gasteiger partial charge in [-0.15, -0.1) is 0 Å². The topological polar surface area (TPSA) is 9.23 Å². The first-order valence-electron chi connectivity index (χ1n) is 5.66. The quantitative estimate of drug-likeness (QED) is 0.515. The van der Waals surface area contributed by atoms with Crippen LogP contribution in [0.4, 0.5) is 0 Å². The van der Waals surface area contributed by atoms with Crippen molar-refractivity contribution < 1.29 is 4.74 Å². The summed E-state index contributed by atoms with van der Waals surface area (Å²) < 4.78 is 6.14. The van der Waals surface area contributed by atoms with Crippen LogP contribution in [0.1, 0.15) is 26.7 Å². The highest BCUT2D eigenvalue weighted by Gasteiger charge is 2.36. The first kappa shape index (κ1) is 16.0. The Labute approximate surface area is 106 Å². The van der Waals surface area contributed by atoms with Gasteiger partial charge in [0.05, 0.1) is 11.5 Å². The molecule has 0 aliphatic heterocycles. The van der Waals surface area contributed by atoms with Crippen LogP contribution in [0.5, 0.6) is 0 Å². The molecule has 0 saturated heterocycles. The lowest BCUT2D eigenvalue weighted by Gasteiger charge is -2.34. The Hall–Kier alpha value is 0.974. The van der Waals surface area contributed by atoms with E-state index in [0.717, 1.165) is 12.8 Å². The molecule has 1 nitrogen and oxygen atoms in total. The maximum absolute atomic E-state index is 6.44. The van der Waals surface area contributed by atoms with Crippen LogP contribution in [-0.2, 0) is 4.74 Å². The Kier molecular flexibility index (Phi) is 6.45. The zero-order valence-electron chi connectivity index (χ0n) is 10.7. The molecular weight excluding hydrogens is 263 g/mol. The largest absolute Gasteiger partial charge is 0.379 e. The third-order valence-corrected chi connectivity index (χ3v) is 8.21. The first-order chi connectivity index (χ1) is 6.62. The second-order valence-electron chi connectivity index (χ2n) is 5.06. The SMILES string of the molecule is CCC(OC(CC)[Si](C)(C)Cl)[Si](C)(C)Cl. The van der Waals surface area contributed by atoms with E-state index < -0.39 is 14.8 Å². The molecule has 92 valence electrons. The molecule has 0 aromatic heterocycles. The number of hydrogen-bond acceptors (Lipinski definition) is 1. The van der Waals surface area contributed by atoms with Crippen molar-refractivity contribution in [1.29, 1.82) is 0 Å². The number of halogens is 2. The molecule has 0 N–H and O–H groups in total. The Balaban J connectivity index is 4.52. The second kappa shape index (κ2) is 6.06. The molecule has 0 heterocycles. The van der Waals surface area contributed by atoms with Crippen molar-refractivity contribution in [2.24, 2.45) is 0 Å². The molecule has 2 unspecified atom stereocenters. The molecule has 0 rings (SSSR count). The Morgan fingerprint density at radius 2 is 1.13 bits per heavy atom. The van der Waals surface area contributed by atoms with Crippen LogP contribution in [0, 0.1) is 0 Å². The number of ether oxygens (including phenoxy) is 1. The standard InChI is InChI=1S/C10H24Cl2OSi2/c1-7-9(14(3,4)11)13-10(8-2)15(5,6)12/h9-10H,7-8H2,1-6H3. The smallest absolute Gasteiger partial charge is 0.180 e. The molecule has 0 saturated carbocycles. The van der Waals surface area contributed by atoms with Gasteiger partial charge in [-0.25, -0.2) is 0 Å². The van der Waals surface area contributed by atoms with Crippen molar-refractivity contribution in [3.8, 4) is 0 Å². The third-order valence-electron chi connectivity index (χ3n) is 2.60. The average molecular weight is 287 g/mol. The summed E-state index contributed by atoms with van der Waals surface area (Å²) in [4.78, 5) is 0. The molecule has 0 aliphatic rings. The van der Waals surface area contributed by atoms with Gasteiger partial charge >= 0.3 is 0 Å². The van der Waals surface area contributed by atoms with Gasteiger partial charge in [0.1, 0.15) is 0 Å². The van der Waals surface area contributed by atoms with E-state index in [0.29, 0.717) is 0 Å². The van der Waals surface area contributed by atoms with E-state index in [-0.39, 0.29) is 11.5 Å². The van der Waals surface area contributed by atoms with Gasteiger partial charge in [0.2, 0.25) is 0 Å². The molecule has 0 aromatic rings. The van der Waals surface area contributed by atoms with Crippen molar-refractivity contribution in [3.05, 3.63) is 0 Å². The van der Waals surface area contributed by atoms with E-state index in [1.54, 1.807) is 0 Å². The summed E-state index contributed by atoms with van der Waals surface area (Å²) >= 11 is 12.9. The zero-order chi connectivity index (χ0) is 12.3. The van der Waals surface area contributed by atoms with Crippen LogP contribution in [0.3, 0.4) is 0 Å². The first-order valence-corrected chi connectivity index (χ1v) is 13.8. The summed E-state index contributed by atoms with van der Waals surface area (Å²) in [5, 5.41) is 0. The lowest BCUT2D eigenvalue weighted by Crippen LogP contribution is -2.46. The Bertz CT molecular complexity index is 167. The van der Waals surface area contributed by atoms with Gasteiger partial charge < -0.3 is 4.74 Å². The van der Waals surface area contributed by atoms with E-state index in [9.17, 15) is 0 Å². The maximum atomic E-state index is 6.44. The molecule has 2 atom stereocenters. The van der Waals surface area contributed by atoms with Crippen molar-refractivity contribution >= 4 is 36.9 Å². The van der Waals surface area contributed by atoms with Gasteiger partial charge in [0.15, 0.2) is 14.8 Å². The van der Waals surface area contributed by atoms with Crippen LogP contribution in [0.15, 0.2) is 0 Å². The number of rotatable bonds is 6. The highest BCUT2D eigenvalue weighted by Crippen LogP contribution is 2.26. The minimum Gasteiger partial charge on any atom is -0.379 e. The zero-order valence-corrected chi connectivity index (χ0v) is 14.2. The molecule has 5 heteroatoms. The molecule has 0 amide bonds. The molecule has 15 heavy (non-hydrogen) atoms. The molecule has 0 bridgehead atoms. The van der Waals surface area contributed by atoms with Crippen LogP contribution in [-0.4, -0.2) is 26.2 Å². The second-order valence-corrected chi connectivity index (χ2v) is 18.4. The van der Waals surface area contributed by atoms with Crippen molar-refractivity contribution in [2.45, 2.75) is 64.3 Å². The minimum atomic E-state index is -1.73. The van der Waals surface area contributed by atoms with Gasteiger partial charge in [0.25, 0.3) is 0 Å². The predicted molar refractivity (Wildman–Crippen MR) is 75.9 cm³/mol. The summed E-state index contributed by atoms with van der Waals surface area (Å²) in [5.41, 5.74) is 0.435. The van der Waals surface area contributed by atoms with E-state index >= 15 is 0 Å².